The van der Waals surface area contributed by atoms with E-state index >= 15 is 0 Å². The lowest BCUT2D eigenvalue weighted by Crippen LogP contribution is -2.07. The van der Waals surface area contributed by atoms with Crippen molar-refractivity contribution in [3.63, 3.8) is 0 Å². The fourth-order valence-corrected chi connectivity index (χ4v) is 0.910. The molecule has 1 N–H and O–H groups in total. The second kappa shape index (κ2) is 2.86. The number of hydrogen-bond donors (Lipinski definition) is 1. The van der Waals surface area contributed by atoms with Crippen molar-refractivity contribution in [2.75, 3.05) is 0 Å². The predicted molar refractivity (Wildman–Crippen MR) is 42.5 cm³/mol. The Kier molecular flexibility index (Phi) is 2.08. The third-order valence-electron chi connectivity index (χ3n) is 1.62. The second-order valence-electron chi connectivity index (χ2n) is 2.93. The molecule has 0 bridgehead atoms. The van der Waals surface area contributed by atoms with E-state index < -0.39 is 0 Å². The summed E-state index contributed by atoms with van der Waals surface area (Å²) in [5.74, 6) is 0.197. The Morgan fingerprint density at radius 1 is 1.64 bits per heavy atom. The van der Waals surface area contributed by atoms with Crippen molar-refractivity contribution < 1.29 is 4.79 Å². The molecule has 3 heteroatoms. The van der Waals surface area contributed by atoms with E-state index in [1.165, 1.54) is 0 Å². The minimum absolute atomic E-state index is 0.0475. The fourth-order valence-electron chi connectivity index (χ4n) is 0.910. The van der Waals surface area contributed by atoms with Crippen LogP contribution in [0.2, 0.25) is 0 Å². The molecule has 0 aliphatic heterocycles. The first-order chi connectivity index (χ1) is 5.13. The number of aromatic amines is 1. The summed E-state index contributed by atoms with van der Waals surface area (Å²) in [5, 5.41) is 6.51. The Hall–Kier alpha value is -1.12. The van der Waals surface area contributed by atoms with Crippen LogP contribution in [0.3, 0.4) is 0 Å². The zero-order valence-electron chi connectivity index (χ0n) is 7.01. The van der Waals surface area contributed by atoms with Gasteiger partial charge < -0.3 is 0 Å². The molecule has 0 fully saturated rings. The van der Waals surface area contributed by atoms with Crippen molar-refractivity contribution in [3.05, 3.63) is 17.5 Å². The summed E-state index contributed by atoms with van der Waals surface area (Å²) in [6.07, 6.45) is 1.58. The highest BCUT2D eigenvalue weighted by Crippen LogP contribution is 2.09. The van der Waals surface area contributed by atoms with Crippen molar-refractivity contribution in [2.45, 2.75) is 20.8 Å². The number of carbonyl (C=O) groups is 1. The summed E-state index contributed by atoms with van der Waals surface area (Å²) < 4.78 is 0. The van der Waals surface area contributed by atoms with Crippen LogP contribution in [0.5, 0.6) is 0 Å². The molecule has 60 valence electrons. The highest BCUT2D eigenvalue weighted by atomic mass is 16.1. The van der Waals surface area contributed by atoms with Gasteiger partial charge in [-0.3, -0.25) is 9.89 Å². The van der Waals surface area contributed by atoms with E-state index in [0.29, 0.717) is 5.56 Å². The van der Waals surface area contributed by atoms with Crippen molar-refractivity contribution in [2.24, 2.45) is 5.92 Å². The Balaban J connectivity index is 2.93. The Bertz CT molecular complexity index is 263. The first-order valence-electron chi connectivity index (χ1n) is 3.67. The Labute approximate surface area is 65.8 Å². The van der Waals surface area contributed by atoms with Crippen LogP contribution >= 0.6 is 0 Å². The molecule has 0 saturated carbocycles. The molecule has 11 heavy (non-hydrogen) atoms. The van der Waals surface area contributed by atoms with Crippen LogP contribution in [0, 0.1) is 12.8 Å². The lowest BCUT2D eigenvalue weighted by molar-refractivity contribution is 0.0939. The number of aryl methyl sites for hydroxylation is 1. The van der Waals surface area contributed by atoms with Gasteiger partial charge >= 0.3 is 0 Å². The Morgan fingerprint density at radius 2 is 2.27 bits per heavy atom. The minimum atomic E-state index is 0.0475. The third kappa shape index (κ3) is 1.48. The number of carbonyl (C=O) groups excluding carboxylic acids is 1. The molecule has 1 rings (SSSR count). The van der Waals surface area contributed by atoms with Crippen LogP contribution in [0.1, 0.15) is 29.9 Å². The first kappa shape index (κ1) is 7.98. The van der Waals surface area contributed by atoms with Gasteiger partial charge in [0, 0.05) is 11.6 Å². The van der Waals surface area contributed by atoms with E-state index in [-0.39, 0.29) is 11.7 Å². The van der Waals surface area contributed by atoms with E-state index in [1.54, 1.807) is 6.20 Å². The molecule has 3 nitrogen and oxygen atoms in total. The highest BCUT2D eigenvalue weighted by molar-refractivity contribution is 5.98. The van der Waals surface area contributed by atoms with Gasteiger partial charge in [0.2, 0.25) is 0 Å². The largest absolute Gasteiger partial charge is 0.294 e. The summed E-state index contributed by atoms with van der Waals surface area (Å²) in [5.41, 5.74) is 1.56. The molecular weight excluding hydrogens is 140 g/mol. The molecule has 0 spiro atoms. The van der Waals surface area contributed by atoms with Gasteiger partial charge in [0.05, 0.1) is 11.8 Å². The van der Waals surface area contributed by atoms with Gasteiger partial charge in [0.15, 0.2) is 5.78 Å². The number of hydrogen-bond acceptors (Lipinski definition) is 2. The molecule has 0 saturated heterocycles. The van der Waals surface area contributed by atoms with E-state index in [2.05, 4.69) is 10.2 Å². The molecule has 0 aliphatic carbocycles. The second-order valence-corrected chi connectivity index (χ2v) is 2.93. The Morgan fingerprint density at radius 3 is 2.64 bits per heavy atom. The highest BCUT2D eigenvalue weighted by Gasteiger charge is 2.13. The van der Waals surface area contributed by atoms with Gasteiger partial charge in [-0.15, -0.1) is 0 Å². The van der Waals surface area contributed by atoms with E-state index in [9.17, 15) is 4.79 Å². The molecule has 0 unspecified atom stereocenters. The third-order valence-corrected chi connectivity index (χ3v) is 1.62. The predicted octanol–water partition coefficient (Wildman–Crippen LogP) is 1.56. The van der Waals surface area contributed by atoms with Crippen LogP contribution in [0.25, 0.3) is 0 Å². The molecule has 0 atom stereocenters. The van der Waals surface area contributed by atoms with Crippen LogP contribution in [0.15, 0.2) is 6.20 Å². The normalized spacial score (nSPS) is 10.5. The van der Waals surface area contributed by atoms with Gasteiger partial charge in [-0.2, -0.15) is 5.10 Å². The molecule has 1 aromatic heterocycles. The lowest BCUT2D eigenvalue weighted by Gasteiger charge is -2.00. The van der Waals surface area contributed by atoms with Crippen molar-refractivity contribution in [1.82, 2.24) is 10.2 Å². The SMILES string of the molecule is Cc1[nH]ncc1C(=O)C(C)C. The van der Waals surface area contributed by atoms with E-state index in [4.69, 9.17) is 0 Å². The van der Waals surface area contributed by atoms with Gasteiger partial charge in [0.25, 0.3) is 0 Å². The van der Waals surface area contributed by atoms with Crippen LogP contribution in [0.4, 0.5) is 0 Å². The van der Waals surface area contributed by atoms with E-state index in [0.717, 1.165) is 5.69 Å². The monoisotopic (exact) mass is 152 g/mol. The van der Waals surface area contributed by atoms with Gasteiger partial charge in [0.1, 0.15) is 0 Å². The molecule has 1 heterocycles. The molecule has 0 aliphatic rings. The summed E-state index contributed by atoms with van der Waals surface area (Å²) in [4.78, 5) is 11.4. The molecule has 0 radical (unpaired) electrons. The lowest BCUT2D eigenvalue weighted by atomic mass is 10.0. The summed E-state index contributed by atoms with van der Waals surface area (Å²) in [7, 11) is 0. The molecule has 1 aromatic rings. The number of Topliss-reactive ketones (excluding diaryl/α,β-unsaturated/α-hetero) is 1. The van der Waals surface area contributed by atoms with Crippen molar-refractivity contribution in [3.8, 4) is 0 Å². The number of aromatic nitrogens is 2. The summed E-state index contributed by atoms with van der Waals surface area (Å²) in [6, 6.07) is 0. The first-order valence-corrected chi connectivity index (χ1v) is 3.67. The molecule has 0 aromatic carbocycles. The minimum Gasteiger partial charge on any atom is -0.294 e. The number of nitrogens with zero attached hydrogens (tertiary/aromatic N) is 1. The number of H-pyrrole nitrogens is 1. The zero-order valence-corrected chi connectivity index (χ0v) is 7.01. The summed E-state index contributed by atoms with van der Waals surface area (Å²) in [6.45, 7) is 5.62. The van der Waals surface area contributed by atoms with Gasteiger partial charge in [-0.1, -0.05) is 13.8 Å². The smallest absolute Gasteiger partial charge is 0.168 e. The quantitative estimate of drug-likeness (QED) is 0.653. The van der Waals surface area contributed by atoms with Gasteiger partial charge in [-0.25, -0.2) is 0 Å². The van der Waals surface area contributed by atoms with Crippen molar-refractivity contribution >= 4 is 5.78 Å². The zero-order chi connectivity index (χ0) is 8.43. The van der Waals surface area contributed by atoms with Gasteiger partial charge in [-0.05, 0) is 6.92 Å². The number of nitrogens with one attached hydrogen (secondary N) is 1. The summed E-state index contributed by atoms with van der Waals surface area (Å²) >= 11 is 0. The topological polar surface area (TPSA) is 45.8 Å². The average molecular weight is 152 g/mol. The molecule has 0 amide bonds. The number of ketones is 1. The molecular formula is C8H12N2O. The van der Waals surface area contributed by atoms with Crippen molar-refractivity contribution in [1.29, 1.82) is 0 Å². The van der Waals surface area contributed by atoms with Crippen LogP contribution in [-0.2, 0) is 0 Å². The standard InChI is InChI=1S/C8H12N2O/c1-5(2)8(11)7-4-9-10-6(7)3/h4-5H,1-3H3,(H,9,10). The number of rotatable bonds is 2. The fraction of sp³-hybridized carbons (Fsp3) is 0.500. The van der Waals surface area contributed by atoms with E-state index in [1.807, 2.05) is 20.8 Å². The maximum atomic E-state index is 11.4. The maximum absolute atomic E-state index is 11.4. The van der Waals surface area contributed by atoms with Crippen LogP contribution < -0.4 is 0 Å². The average Bonchev–Trinajstić information content (AvgIpc) is 2.33. The van der Waals surface area contributed by atoms with Crippen LogP contribution in [-0.4, -0.2) is 16.0 Å². The maximum Gasteiger partial charge on any atom is 0.168 e.